The predicted molar refractivity (Wildman–Crippen MR) is 123 cm³/mol. The number of nitrogens with one attached hydrogen (secondary N) is 1. The molecule has 2 aromatic carbocycles. The number of aryl methyl sites for hydroxylation is 1. The van der Waals surface area contributed by atoms with E-state index < -0.39 is 0 Å². The van der Waals surface area contributed by atoms with E-state index in [2.05, 4.69) is 5.32 Å². The van der Waals surface area contributed by atoms with E-state index >= 15 is 0 Å². The molecule has 1 aromatic heterocycles. The summed E-state index contributed by atoms with van der Waals surface area (Å²) in [7, 11) is 0. The Morgan fingerprint density at radius 1 is 1.00 bits per heavy atom. The monoisotopic (exact) mass is 446 g/mol. The van der Waals surface area contributed by atoms with E-state index in [-0.39, 0.29) is 23.6 Å². The lowest BCUT2D eigenvalue weighted by atomic mass is 10.0. The van der Waals surface area contributed by atoms with Crippen molar-refractivity contribution >= 4 is 17.5 Å². The van der Waals surface area contributed by atoms with Crippen molar-refractivity contribution in [1.82, 2.24) is 4.90 Å². The summed E-state index contributed by atoms with van der Waals surface area (Å²) >= 11 is 0. The zero-order chi connectivity index (χ0) is 22.8. The van der Waals surface area contributed by atoms with Crippen LogP contribution in [0.2, 0.25) is 0 Å². The summed E-state index contributed by atoms with van der Waals surface area (Å²) in [4.78, 5) is 27.8. The minimum atomic E-state index is -0.348. The van der Waals surface area contributed by atoms with E-state index in [1.807, 2.05) is 42.2 Å². The van der Waals surface area contributed by atoms with Gasteiger partial charge in [-0.3, -0.25) is 9.59 Å². The lowest BCUT2D eigenvalue weighted by Gasteiger charge is -2.26. The molecule has 1 saturated heterocycles. The summed E-state index contributed by atoms with van der Waals surface area (Å²) < 4.78 is 16.8. The second-order valence-corrected chi connectivity index (χ2v) is 8.37. The molecule has 170 valence electrons. The number of hydrogen-bond acceptors (Lipinski definition) is 5. The maximum absolute atomic E-state index is 13.5. The SMILES string of the molecule is Cc1ccc(C(=O)N2CCC[C@@H]2c2ccc3c(c2)OCCCO3)cc1NC(=O)c1ccco1. The quantitative estimate of drug-likeness (QED) is 0.611. The molecule has 0 unspecified atom stereocenters. The Morgan fingerprint density at radius 3 is 2.67 bits per heavy atom. The molecule has 2 amide bonds. The Hall–Kier alpha value is -3.74. The van der Waals surface area contributed by atoms with E-state index in [1.54, 1.807) is 18.2 Å². The van der Waals surface area contributed by atoms with Crippen LogP contribution in [0.3, 0.4) is 0 Å². The summed E-state index contributed by atoms with van der Waals surface area (Å²) in [5, 5.41) is 2.85. The van der Waals surface area contributed by atoms with Crippen LogP contribution in [0.1, 0.15) is 57.3 Å². The molecule has 3 heterocycles. The summed E-state index contributed by atoms with van der Waals surface area (Å²) in [6.45, 7) is 3.84. The van der Waals surface area contributed by atoms with Crippen LogP contribution < -0.4 is 14.8 Å². The van der Waals surface area contributed by atoms with Gasteiger partial charge in [0.05, 0.1) is 25.5 Å². The van der Waals surface area contributed by atoms with E-state index in [9.17, 15) is 9.59 Å². The smallest absolute Gasteiger partial charge is 0.291 e. The van der Waals surface area contributed by atoms with Gasteiger partial charge in [0.1, 0.15) is 0 Å². The molecule has 0 saturated carbocycles. The first-order valence-corrected chi connectivity index (χ1v) is 11.3. The molecule has 0 bridgehead atoms. The maximum Gasteiger partial charge on any atom is 0.291 e. The Labute approximate surface area is 192 Å². The molecule has 7 heteroatoms. The van der Waals surface area contributed by atoms with Gasteiger partial charge >= 0.3 is 0 Å². The van der Waals surface area contributed by atoms with Crippen LogP contribution >= 0.6 is 0 Å². The van der Waals surface area contributed by atoms with Gasteiger partial charge in [-0.15, -0.1) is 0 Å². The number of hydrogen-bond donors (Lipinski definition) is 1. The van der Waals surface area contributed by atoms with Gasteiger partial charge in [-0.2, -0.15) is 0 Å². The molecule has 0 radical (unpaired) electrons. The molecule has 0 aliphatic carbocycles. The third-order valence-electron chi connectivity index (χ3n) is 6.15. The summed E-state index contributed by atoms with van der Waals surface area (Å²) in [6.07, 6.45) is 4.12. The highest BCUT2D eigenvalue weighted by Gasteiger charge is 2.31. The van der Waals surface area contributed by atoms with E-state index in [0.29, 0.717) is 31.0 Å². The van der Waals surface area contributed by atoms with Crippen LogP contribution in [0, 0.1) is 6.92 Å². The topological polar surface area (TPSA) is 81.0 Å². The maximum atomic E-state index is 13.5. The zero-order valence-electron chi connectivity index (χ0n) is 18.5. The van der Waals surface area contributed by atoms with E-state index in [1.165, 1.54) is 6.26 Å². The molecule has 0 spiro atoms. The van der Waals surface area contributed by atoms with Gasteiger partial charge in [-0.1, -0.05) is 12.1 Å². The fraction of sp³-hybridized carbons (Fsp3) is 0.308. The molecule has 1 N–H and O–H groups in total. The highest BCUT2D eigenvalue weighted by atomic mass is 16.5. The molecule has 1 fully saturated rings. The highest BCUT2D eigenvalue weighted by molar-refractivity contribution is 6.04. The second kappa shape index (κ2) is 9.02. The standard InChI is InChI=1S/C26H26N2O5/c1-17-7-8-19(15-20(17)27-25(29)23-6-3-12-32-23)26(30)28-11-2-5-21(28)18-9-10-22-24(16-18)33-14-4-13-31-22/h3,6-10,12,15-16,21H,2,4-5,11,13-14H2,1H3,(H,27,29)/t21-/m1/s1. The first kappa shape index (κ1) is 21.1. The molecule has 3 aromatic rings. The number of carbonyl (C=O) groups is 2. The summed E-state index contributed by atoms with van der Waals surface area (Å²) in [6, 6.07) is 14.6. The van der Waals surface area contributed by atoms with Crippen LogP contribution in [0.15, 0.2) is 59.2 Å². The number of likely N-dealkylation sites (tertiary alicyclic amines) is 1. The fourth-order valence-electron chi connectivity index (χ4n) is 4.39. The Morgan fingerprint density at radius 2 is 1.85 bits per heavy atom. The van der Waals surface area contributed by atoms with Gasteiger partial charge in [0, 0.05) is 24.2 Å². The van der Waals surface area contributed by atoms with Gasteiger partial charge < -0.3 is 24.1 Å². The number of benzene rings is 2. The van der Waals surface area contributed by atoms with Crippen molar-refractivity contribution in [3.05, 3.63) is 77.2 Å². The lowest BCUT2D eigenvalue weighted by molar-refractivity contribution is 0.0735. The number of amides is 2. The van der Waals surface area contributed by atoms with Crippen molar-refractivity contribution in [3.8, 4) is 11.5 Å². The molecular formula is C26H26N2O5. The highest BCUT2D eigenvalue weighted by Crippen LogP contribution is 2.38. The van der Waals surface area contributed by atoms with Gasteiger partial charge in [-0.05, 0) is 67.3 Å². The Kier molecular flexibility index (Phi) is 5.77. The largest absolute Gasteiger partial charge is 0.490 e. The van der Waals surface area contributed by atoms with Crippen molar-refractivity contribution in [3.63, 3.8) is 0 Å². The number of carbonyl (C=O) groups excluding carboxylic acids is 2. The first-order chi connectivity index (χ1) is 16.1. The van der Waals surface area contributed by atoms with Crippen LogP contribution in [-0.2, 0) is 0 Å². The number of furan rings is 1. The van der Waals surface area contributed by atoms with Gasteiger partial charge in [0.25, 0.3) is 11.8 Å². The van der Waals surface area contributed by atoms with Gasteiger partial charge in [-0.25, -0.2) is 0 Å². The molecule has 5 rings (SSSR count). The van der Waals surface area contributed by atoms with Crippen molar-refractivity contribution in [2.45, 2.75) is 32.2 Å². The minimum absolute atomic E-state index is 0.0304. The molecular weight excluding hydrogens is 420 g/mol. The summed E-state index contributed by atoms with van der Waals surface area (Å²) in [5.74, 6) is 1.31. The normalized spacial score (nSPS) is 17.5. The van der Waals surface area contributed by atoms with Gasteiger partial charge in [0.15, 0.2) is 17.3 Å². The minimum Gasteiger partial charge on any atom is -0.490 e. The Bertz CT molecular complexity index is 1170. The average Bonchev–Trinajstić information content (AvgIpc) is 3.48. The third-order valence-corrected chi connectivity index (χ3v) is 6.15. The second-order valence-electron chi connectivity index (χ2n) is 8.37. The lowest BCUT2D eigenvalue weighted by Crippen LogP contribution is -2.30. The molecule has 7 nitrogen and oxygen atoms in total. The van der Waals surface area contributed by atoms with Gasteiger partial charge in [0.2, 0.25) is 0 Å². The first-order valence-electron chi connectivity index (χ1n) is 11.3. The van der Waals surface area contributed by atoms with Crippen molar-refractivity contribution < 1.29 is 23.5 Å². The number of ether oxygens (including phenoxy) is 2. The van der Waals surface area contributed by atoms with Crippen LogP contribution in [-0.4, -0.2) is 36.5 Å². The number of nitrogens with zero attached hydrogens (tertiary/aromatic N) is 1. The van der Waals surface area contributed by atoms with Crippen molar-refractivity contribution in [1.29, 1.82) is 0 Å². The number of anilines is 1. The molecule has 1 atom stereocenters. The molecule has 33 heavy (non-hydrogen) atoms. The van der Waals surface area contributed by atoms with Crippen LogP contribution in [0.5, 0.6) is 11.5 Å². The zero-order valence-corrected chi connectivity index (χ0v) is 18.5. The van der Waals surface area contributed by atoms with Crippen LogP contribution in [0.4, 0.5) is 5.69 Å². The van der Waals surface area contributed by atoms with E-state index in [4.69, 9.17) is 13.9 Å². The fourth-order valence-corrected chi connectivity index (χ4v) is 4.39. The average molecular weight is 447 g/mol. The van der Waals surface area contributed by atoms with Crippen molar-refractivity contribution in [2.24, 2.45) is 0 Å². The number of rotatable bonds is 4. The molecule has 2 aliphatic heterocycles. The molecule has 2 aliphatic rings. The predicted octanol–water partition coefficient (Wildman–Crippen LogP) is 4.98. The third kappa shape index (κ3) is 4.31. The summed E-state index contributed by atoms with van der Waals surface area (Å²) in [5.41, 5.74) is 3.04. The van der Waals surface area contributed by atoms with Crippen molar-refractivity contribution in [2.75, 3.05) is 25.1 Å². The Balaban J connectivity index is 1.37. The number of fused-ring (bicyclic) bond motifs is 1. The van der Waals surface area contributed by atoms with Crippen LogP contribution in [0.25, 0.3) is 0 Å². The van der Waals surface area contributed by atoms with E-state index in [0.717, 1.165) is 41.9 Å².